The third kappa shape index (κ3) is 1.85. The highest BCUT2D eigenvalue weighted by atomic mass is 19.1. The zero-order chi connectivity index (χ0) is 8.27. The Bertz CT molecular complexity index is 271. The van der Waals surface area contributed by atoms with Gasteiger partial charge in [-0.2, -0.15) is 0 Å². The van der Waals surface area contributed by atoms with Crippen molar-refractivity contribution in [2.75, 3.05) is 0 Å². The second-order valence-corrected chi connectivity index (χ2v) is 2.17. The van der Waals surface area contributed by atoms with Crippen molar-refractivity contribution in [2.45, 2.75) is 6.61 Å². The Kier molecular flexibility index (Phi) is 2.33. The average molecular weight is 154 g/mol. The second kappa shape index (κ2) is 3.25. The van der Waals surface area contributed by atoms with E-state index in [4.69, 9.17) is 5.11 Å². The van der Waals surface area contributed by atoms with Crippen LogP contribution in [0.5, 0.6) is 0 Å². The number of carbonyl (C=O) groups is 1. The molecule has 1 rings (SSSR count). The summed E-state index contributed by atoms with van der Waals surface area (Å²) in [7, 11) is 0. The number of hydrogen-bond acceptors (Lipinski definition) is 2. The fourth-order valence-corrected chi connectivity index (χ4v) is 0.835. The van der Waals surface area contributed by atoms with E-state index in [2.05, 4.69) is 0 Å². The summed E-state index contributed by atoms with van der Waals surface area (Å²) < 4.78 is 12.5. The van der Waals surface area contributed by atoms with Crippen LogP contribution in [0.4, 0.5) is 4.39 Å². The van der Waals surface area contributed by atoms with E-state index < -0.39 is 5.82 Å². The first-order chi connectivity index (χ1) is 5.26. The van der Waals surface area contributed by atoms with Crippen LogP contribution >= 0.6 is 0 Å². The van der Waals surface area contributed by atoms with E-state index in [0.717, 1.165) is 6.07 Å². The molecule has 1 aromatic carbocycles. The van der Waals surface area contributed by atoms with Gasteiger partial charge in [0.05, 0.1) is 6.61 Å². The van der Waals surface area contributed by atoms with Crippen LogP contribution in [0.15, 0.2) is 18.2 Å². The highest BCUT2D eigenvalue weighted by Gasteiger charge is 1.97. The lowest BCUT2D eigenvalue weighted by molar-refractivity contribution is 0.112. The standard InChI is InChI=1S/C8H7FO2/c9-8-2-6(4-10)1-7(3-8)5-11/h1-4,11H,5H2. The fourth-order valence-electron chi connectivity index (χ4n) is 0.835. The van der Waals surface area contributed by atoms with Crippen LogP contribution in [0.1, 0.15) is 15.9 Å². The fraction of sp³-hybridized carbons (Fsp3) is 0.125. The zero-order valence-electron chi connectivity index (χ0n) is 5.75. The molecule has 0 aliphatic carbocycles. The number of carbonyl (C=O) groups excluding carboxylic acids is 1. The van der Waals surface area contributed by atoms with Gasteiger partial charge in [-0.1, -0.05) is 0 Å². The maximum atomic E-state index is 12.5. The molecule has 58 valence electrons. The van der Waals surface area contributed by atoms with Crippen molar-refractivity contribution in [2.24, 2.45) is 0 Å². The summed E-state index contributed by atoms with van der Waals surface area (Å²) in [6.45, 7) is -0.251. The largest absolute Gasteiger partial charge is 0.392 e. The van der Waals surface area contributed by atoms with Gasteiger partial charge in [-0.15, -0.1) is 0 Å². The molecule has 0 amide bonds. The third-order valence-corrected chi connectivity index (χ3v) is 1.30. The molecule has 3 heteroatoms. The minimum atomic E-state index is -0.501. The highest BCUT2D eigenvalue weighted by Crippen LogP contribution is 2.06. The van der Waals surface area contributed by atoms with Crippen LogP contribution in [0.25, 0.3) is 0 Å². The summed E-state index contributed by atoms with van der Waals surface area (Å²) >= 11 is 0. The number of halogens is 1. The van der Waals surface area contributed by atoms with Gasteiger partial charge in [-0.3, -0.25) is 4.79 Å². The molecule has 0 saturated heterocycles. The molecule has 1 N–H and O–H groups in total. The number of rotatable bonds is 2. The monoisotopic (exact) mass is 154 g/mol. The first-order valence-corrected chi connectivity index (χ1v) is 3.12. The minimum absolute atomic E-state index is 0.244. The van der Waals surface area contributed by atoms with Crippen LogP contribution in [0.2, 0.25) is 0 Å². The average Bonchev–Trinajstić information content (AvgIpc) is 2.03. The predicted molar refractivity (Wildman–Crippen MR) is 37.7 cm³/mol. The molecule has 0 spiro atoms. The van der Waals surface area contributed by atoms with E-state index in [-0.39, 0.29) is 12.2 Å². The molecule has 0 atom stereocenters. The van der Waals surface area contributed by atoms with Crippen LogP contribution < -0.4 is 0 Å². The number of aliphatic hydroxyl groups excluding tert-OH is 1. The zero-order valence-corrected chi connectivity index (χ0v) is 5.75. The lowest BCUT2D eigenvalue weighted by Gasteiger charge is -1.96. The molecule has 1 aromatic rings. The van der Waals surface area contributed by atoms with Gasteiger partial charge in [0.15, 0.2) is 0 Å². The molecular weight excluding hydrogens is 147 g/mol. The lowest BCUT2D eigenvalue weighted by Crippen LogP contribution is -1.89. The van der Waals surface area contributed by atoms with Gasteiger partial charge in [0, 0.05) is 5.56 Å². The van der Waals surface area contributed by atoms with Gasteiger partial charge in [0.2, 0.25) is 0 Å². The van der Waals surface area contributed by atoms with E-state index in [0.29, 0.717) is 11.8 Å². The SMILES string of the molecule is O=Cc1cc(F)cc(CO)c1. The molecule has 0 saturated carbocycles. The maximum Gasteiger partial charge on any atom is 0.150 e. The quantitative estimate of drug-likeness (QED) is 0.648. The normalized spacial score (nSPS) is 9.64. The van der Waals surface area contributed by atoms with Gasteiger partial charge in [0.1, 0.15) is 12.1 Å². The molecule has 0 unspecified atom stereocenters. The molecule has 0 aliphatic heterocycles. The molecule has 0 aliphatic rings. The van der Waals surface area contributed by atoms with Gasteiger partial charge in [-0.25, -0.2) is 4.39 Å². The number of aldehydes is 1. The van der Waals surface area contributed by atoms with E-state index >= 15 is 0 Å². The van der Waals surface area contributed by atoms with E-state index in [1.54, 1.807) is 0 Å². The summed E-state index contributed by atoms with van der Waals surface area (Å²) in [5.74, 6) is -0.501. The number of hydrogen-bond donors (Lipinski definition) is 1. The molecule has 0 fully saturated rings. The Morgan fingerprint density at radius 3 is 2.73 bits per heavy atom. The van der Waals surface area contributed by atoms with Crippen LogP contribution in [0.3, 0.4) is 0 Å². The summed E-state index contributed by atoms with van der Waals surface area (Å²) in [6.07, 6.45) is 0.544. The molecule has 0 heterocycles. The van der Waals surface area contributed by atoms with Crippen molar-refractivity contribution in [1.82, 2.24) is 0 Å². The van der Waals surface area contributed by atoms with Crippen molar-refractivity contribution < 1.29 is 14.3 Å². The summed E-state index contributed by atoms with van der Waals surface area (Å²) in [4.78, 5) is 10.2. The smallest absolute Gasteiger partial charge is 0.150 e. The predicted octanol–water partition coefficient (Wildman–Crippen LogP) is 1.13. The molecule has 0 aromatic heterocycles. The topological polar surface area (TPSA) is 37.3 Å². The lowest BCUT2D eigenvalue weighted by atomic mass is 10.1. The van der Waals surface area contributed by atoms with Crippen molar-refractivity contribution in [1.29, 1.82) is 0 Å². The van der Waals surface area contributed by atoms with E-state index in [1.807, 2.05) is 0 Å². The molecule has 2 nitrogen and oxygen atoms in total. The summed E-state index contributed by atoms with van der Waals surface area (Å²) in [5, 5.41) is 8.60. The van der Waals surface area contributed by atoms with Gasteiger partial charge >= 0.3 is 0 Å². The van der Waals surface area contributed by atoms with Crippen molar-refractivity contribution in [3.63, 3.8) is 0 Å². The Balaban J connectivity index is 3.11. The minimum Gasteiger partial charge on any atom is -0.392 e. The Labute approximate surface area is 63.3 Å². The van der Waals surface area contributed by atoms with Crippen molar-refractivity contribution >= 4 is 6.29 Å². The third-order valence-electron chi connectivity index (χ3n) is 1.30. The molecule has 0 bridgehead atoms. The van der Waals surface area contributed by atoms with E-state index in [1.165, 1.54) is 12.1 Å². The number of aliphatic hydroxyl groups is 1. The first-order valence-electron chi connectivity index (χ1n) is 3.12. The molecule has 11 heavy (non-hydrogen) atoms. The Morgan fingerprint density at radius 2 is 2.18 bits per heavy atom. The number of benzene rings is 1. The second-order valence-electron chi connectivity index (χ2n) is 2.17. The van der Waals surface area contributed by atoms with Crippen LogP contribution in [-0.2, 0) is 6.61 Å². The Hall–Kier alpha value is -1.22. The van der Waals surface area contributed by atoms with Crippen LogP contribution in [0, 0.1) is 5.82 Å². The molecule has 0 radical (unpaired) electrons. The summed E-state index contributed by atoms with van der Waals surface area (Å²) in [5.41, 5.74) is 0.654. The van der Waals surface area contributed by atoms with Crippen LogP contribution in [-0.4, -0.2) is 11.4 Å². The Morgan fingerprint density at radius 1 is 1.45 bits per heavy atom. The van der Waals surface area contributed by atoms with Gasteiger partial charge in [-0.05, 0) is 23.8 Å². The summed E-state index contributed by atoms with van der Waals surface area (Å²) in [6, 6.07) is 3.75. The molecular formula is C8H7FO2. The van der Waals surface area contributed by atoms with Gasteiger partial charge < -0.3 is 5.11 Å². The van der Waals surface area contributed by atoms with E-state index in [9.17, 15) is 9.18 Å². The highest BCUT2D eigenvalue weighted by molar-refractivity contribution is 5.74. The van der Waals surface area contributed by atoms with Crippen molar-refractivity contribution in [3.8, 4) is 0 Å². The van der Waals surface area contributed by atoms with Crippen molar-refractivity contribution in [3.05, 3.63) is 35.1 Å². The first kappa shape index (κ1) is 7.88. The maximum absolute atomic E-state index is 12.5. The van der Waals surface area contributed by atoms with Gasteiger partial charge in [0.25, 0.3) is 0 Å².